The number of carboxylic acids is 1. The van der Waals surface area contributed by atoms with Gasteiger partial charge in [-0.2, -0.15) is 0 Å². The maximum absolute atomic E-state index is 13.4. The highest BCUT2D eigenvalue weighted by Crippen LogP contribution is 2.43. The van der Waals surface area contributed by atoms with Crippen LogP contribution in [0.5, 0.6) is 5.75 Å². The number of aliphatic carboxylic acids is 1. The number of aliphatic hydroxyl groups excluding tert-OH is 1. The quantitative estimate of drug-likeness (QED) is 0.287. The number of hydrogen-bond donors (Lipinski definition) is 2. The van der Waals surface area contributed by atoms with Crippen LogP contribution in [0.1, 0.15) is 46.7 Å². The molecule has 0 bridgehead atoms. The third kappa shape index (κ3) is 4.60. The topological polar surface area (TPSA) is 104 Å². The maximum atomic E-state index is 13.4. The van der Waals surface area contributed by atoms with Gasteiger partial charge in [0.05, 0.1) is 25.1 Å². The van der Waals surface area contributed by atoms with E-state index in [2.05, 4.69) is 0 Å². The average molecular weight is 498 g/mol. The predicted octanol–water partition coefficient (Wildman–Crippen LogP) is 4.83. The summed E-state index contributed by atoms with van der Waals surface area (Å²) in [6, 6.07) is 18.3. The van der Waals surface area contributed by atoms with E-state index < -0.39 is 23.7 Å². The summed E-state index contributed by atoms with van der Waals surface area (Å²) in [6.07, 6.45) is 3.96. The van der Waals surface area contributed by atoms with Gasteiger partial charge in [0.25, 0.3) is 11.7 Å². The van der Waals surface area contributed by atoms with Crippen molar-refractivity contribution < 1.29 is 29.3 Å². The molecule has 3 aromatic rings. The van der Waals surface area contributed by atoms with Crippen molar-refractivity contribution in [2.75, 3.05) is 12.0 Å². The summed E-state index contributed by atoms with van der Waals surface area (Å²) in [7, 11) is 1.55. The Labute approximate surface area is 214 Å². The van der Waals surface area contributed by atoms with E-state index in [0.29, 0.717) is 28.1 Å². The fourth-order valence-corrected chi connectivity index (χ4v) is 5.19. The monoisotopic (exact) mass is 497 g/mol. The van der Waals surface area contributed by atoms with Crippen LogP contribution >= 0.6 is 0 Å². The molecule has 1 atom stereocenters. The highest BCUT2D eigenvalue weighted by molar-refractivity contribution is 6.51. The zero-order chi connectivity index (χ0) is 26.1. The normalized spacial score (nSPS) is 18.5. The van der Waals surface area contributed by atoms with Crippen LogP contribution in [0.25, 0.3) is 5.76 Å². The maximum Gasteiger partial charge on any atom is 0.307 e. The van der Waals surface area contributed by atoms with Crippen molar-refractivity contribution in [3.05, 3.63) is 100 Å². The molecule has 5 rings (SSSR count). The van der Waals surface area contributed by atoms with Crippen LogP contribution in [-0.4, -0.2) is 35.0 Å². The minimum Gasteiger partial charge on any atom is -0.507 e. The standard InChI is InChI=1S/C30H27NO6/c1-37-24-14-10-20(11-15-24)27-26(28(34)22-9-8-19-4-2-3-5-21(19)17-22)29(35)30(36)31(27)23-12-6-18(7-13-23)16-25(32)33/h6-15,17,27,34H,2-5,16H2,1H3,(H,32,33)/b28-26-. The van der Waals surface area contributed by atoms with Crippen LogP contribution in [0.2, 0.25) is 0 Å². The van der Waals surface area contributed by atoms with Gasteiger partial charge < -0.3 is 14.9 Å². The molecule has 7 nitrogen and oxygen atoms in total. The number of hydrogen-bond acceptors (Lipinski definition) is 5. The molecular weight excluding hydrogens is 470 g/mol. The number of amides is 1. The Morgan fingerprint density at radius 3 is 2.24 bits per heavy atom. The van der Waals surface area contributed by atoms with Crippen LogP contribution < -0.4 is 9.64 Å². The van der Waals surface area contributed by atoms with Gasteiger partial charge in [-0.05, 0) is 78.3 Å². The molecule has 1 saturated heterocycles. The molecule has 7 heteroatoms. The lowest BCUT2D eigenvalue weighted by molar-refractivity contribution is -0.136. The Bertz CT molecular complexity index is 1400. The summed E-state index contributed by atoms with van der Waals surface area (Å²) < 4.78 is 5.27. The van der Waals surface area contributed by atoms with E-state index >= 15 is 0 Å². The molecule has 1 fully saturated rings. The molecule has 1 amide bonds. The van der Waals surface area contributed by atoms with E-state index in [4.69, 9.17) is 9.84 Å². The molecule has 1 heterocycles. The van der Waals surface area contributed by atoms with Gasteiger partial charge >= 0.3 is 5.97 Å². The summed E-state index contributed by atoms with van der Waals surface area (Å²) in [6.45, 7) is 0. The number of fused-ring (bicyclic) bond motifs is 1. The summed E-state index contributed by atoms with van der Waals surface area (Å²) in [5.74, 6) is -2.08. The Hall–Kier alpha value is -4.39. The largest absolute Gasteiger partial charge is 0.507 e. The second kappa shape index (κ2) is 9.93. The molecule has 1 aliphatic carbocycles. The fourth-order valence-electron chi connectivity index (χ4n) is 5.19. The molecule has 1 aliphatic heterocycles. The number of carboxylic acid groups (broad SMARTS) is 1. The lowest BCUT2D eigenvalue weighted by atomic mass is 9.88. The SMILES string of the molecule is COc1ccc(C2/C(=C(/O)c3ccc4c(c3)CCCC4)C(=O)C(=O)N2c2ccc(CC(=O)O)cc2)cc1. The first-order valence-electron chi connectivity index (χ1n) is 12.2. The van der Waals surface area contributed by atoms with E-state index in [-0.39, 0.29) is 17.8 Å². The second-order valence-corrected chi connectivity index (χ2v) is 9.37. The number of aryl methyl sites for hydroxylation is 2. The van der Waals surface area contributed by atoms with E-state index in [1.54, 1.807) is 61.7 Å². The van der Waals surface area contributed by atoms with E-state index in [0.717, 1.165) is 31.2 Å². The van der Waals surface area contributed by atoms with Crippen LogP contribution in [0, 0.1) is 0 Å². The number of Topliss-reactive ketones (excluding diaryl/α,β-unsaturated/α-hetero) is 1. The highest BCUT2D eigenvalue weighted by Gasteiger charge is 2.47. The zero-order valence-electron chi connectivity index (χ0n) is 20.4. The van der Waals surface area contributed by atoms with Crippen molar-refractivity contribution >= 4 is 29.1 Å². The number of anilines is 1. The van der Waals surface area contributed by atoms with E-state index in [9.17, 15) is 19.5 Å². The van der Waals surface area contributed by atoms with Crippen molar-refractivity contribution in [2.45, 2.75) is 38.1 Å². The first kappa shape index (κ1) is 24.3. The molecule has 1 unspecified atom stereocenters. The van der Waals surface area contributed by atoms with Gasteiger partial charge in [-0.1, -0.05) is 36.4 Å². The molecule has 37 heavy (non-hydrogen) atoms. The molecule has 188 valence electrons. The van der Waals surface area contributed by atoms with E-state index in [1.165, 1.54) is 10.5 Å². The van der Waals surface area contributed by atoms with Gasteiger partial charge in [0.1, 0.15) is 11.5 Å². The molecule has 0 radical (unpaired) electrons. The molecule has 0 saturated carbocycles. The van der Waals surface area contributed by atoms with Crippen molar-refractivity contribution in [3.8, 4) is 5.75 Å². The summed E-state index contributed by atoms with van der Waals surface area (Å²) in [5.41, 5.74) is 4.56. The zero-order valence-corrected chi connectivity index (χ0v) is 20.4. The second-order valence-electron chi connectivity index (χ2n) is 9.37. The smallest absolute Gasteiger partial charge is 0.307 e. The Morgan fingerprint density at radius 2 is 1.59 bits per heavy atom. The van der Waals surface area contributed by atoms with Gasteiger partial charge in [0.2, 0.25) is 0 Å². The first-order valence-corrected chi connectivity index (χ1v) is 12.2. The number of ketones is 1. The molecular formula is C30H27NO6. The van der Waals surface area contributed by atoms with Crippen LogP contribution in [0.15, 0.2) is 72.3 Å². The number of methoxy groups -OCH3 is 1. The minimum atomic E-state index is -0.962. The lowest BCUT2D eigenvalue weighted by Crippen LogP contribution is -2.29. The van der Waals surface area contributed by atoms with Crippen molar-refractivity contribution in [3.63, 3.8) is 0 Å². The summed E-state index contributed by atoms with van der Waals surface area (Å²) in [5, 5.41) is 20.5. The van der Waals surface area contributed by atoms with Crippen molar-refractivity contribution in [1.29, 1.82) is 0 Å². The third-order valence-corrected chi connectivity index (χ3v) is 7.07. The van der Waals surface area contributed by atoms with Crippen LogP contribution in [0.3, 0.4) is 0 Å². The fraction of sp³-hybridized carbons (Fsp3) is 0.233. The van der Waals surface area contributed by atoms with Crippen LogP contribution in [-0.2, 0) is 33.6 Å². The van der Waals surface area contributed by atoms with Gasteiger partial charge in [0.15, 0.2) is 0 Å². The summed E-state index contributed by atoms with van der Waals surface area (Å²) in [4.78, 5) is 39.2. The number of carbonyl (C=O) groups is 3. The number of nitrogens with zero attached hydrogens (tertiary/aromatic N) is 1. The Balaban J connectivity index is 1.63. The molecule has 2 N–H and O–H groups in total. The van der Waals surface area contributed by atoms with Gasteiger partial charge in [-0.25, -0.2) is 0 Å². The number of benzene rings is 3. The summed E-state index contributed by atoms with van der Waals surface area (Å²) >= 11 is 0. The Morgan fingerprint density at radius 1 is 0.919 bits per heavy atom. The van der Waals surface area contributed by atoms with Crippen molar-refractivity contribution in [2.24, 2.45) is 0 Å². The third-order valence-electron chi connectivity index (χ3n) is 7.07. The highest BCUT2D eigenvalue weighted by atomic mass is 16.5. The van der Waals surface area contributed by atoms with Gasteiger partial charge in [-0.15, -0.1) is 0 Å². The number of carbonyl (C=O) groups excluding carboxylic acids is 2. The van der Waals surface area contributed by atoms with Gasteiger partial charge in [0, 0.05) is 11.3 Å². The van der Waals surface area contributed by atoms with Crippen LogP contribution in [0.4, 0.5) is 5.69 Å². The molecule has 2 aliphatic rings. The number of ether oxygens (including phenoxy) is 1. The predicted molar refractivity (Wildman–Crippen MR) is 139 cm³/mol. The Kier molecular flexibility index (Phi) is 6.53. The molecule has 0 aromatic heterocycles. The molecule has 0 spiro atoms. The first-order chi connectivity index (χ1) is 17.9. The lowest BCUT2D eigenvalue weighted by Gasteiger charge is -2.26. The van der Waals surface area contributed by atoms with Crippen molar-refractivity contribution in [1.82, 2.24) is 0 Å². The van der Waals surface area contributed by atoms with E-state index in [1.807, 2.05) is 12.1 Å². The number of rotatable bonds is 6. The minimum absolute atomic E-state index is 0.0144. The van der Waals surface area contributed by atoms with Gasteiger partial charge in [-0.3, -0.25) is 19.3 Å². The average Bonchev–Trinajstić information content (AvgIpc) is 3.18. The number of aliphatic hydroxyl groups is 1. The molecule has 3 aromatic carbocycles.